The summed E-state index contributed by atoms with van der Waals surface area (Å²) in [5.41, 5.74) is 4.71. The van der Waals surface area contributed by atoms with E-state index < -0.39 is 0 Å². The van der Waals surface area contributed by atoms with Crippen LogP contribution in [0.15, 0.2) is 46.4 Å². The van der Waals surface area contributed by atoms with Crippen molar-refractivity contribution < 1.29 is 9.15 Å². The molecule has 0 saturated heterocycles. The van der Waals surface area contributed by atoms with Crippen LogP contribution in [0.3, 0.4) is 0 Å². The Morgan fingerprint density at radius 3 is 2.92 bits per heavy atom. The lowest BCUT2D eigenvalue weighted by molar-refractivity contribution is 0.412. The summed E-state index contributed by atoms with van der Waals surface area (Å²) >= 11 is 1.55. The van der Waals surface area contributed by atoms with Gasteiger partial charge < -0.3 is 9.15 Å². The predicted molar refractivity (Wildman–Crippen MR) is 96.8 cm³/mol. The molecule has 0 fully saturated rings. The van der Waals surface area contributed by atoms with Crippen molar-refractivity contribution in [3.05, 3.63) is 53.2 Å². The highest BCUT2D eigenvalue weighted by atomic mass is 32.1. The van der Waals surface area contributed by atoms with Crippen LogP contribution in [0.1, 0.15) is 11.3 Å². The van der Waals surface area contributed by atoms with Gasteiger partial charge in [-0.05, 0) is 48.4 Å². The Hall–Kier alpha value is -3.04. The van der Waals surface area contributed by atoms with E-state index in [2.05, 4.69) is 22.5 Å². The summed E-state index contributed by atoms with van der Waals surface area (Å²) in [5, 5.41) is 11.4. The number of furan rings is 1. The quantitative estimate of drug-likeness (QED) is 0.535. The second kappa shape index (κ2) is 6.11. The van der Waals surface area contributed by atoms with Crippen LogP contribution in [0.2, 0.25) is 0 Å². The first-order valence-corrected chi connectivity index (χ1v) is 8.65. The summed E-state index contributed by atoms with van der Waals surface area (Å²) in [5.74, 6) is 1.53. The molecule has 1 aromatic carbocycles. The Bertz CT molecular complexity index is 1080. The van der Waals surface area contributed by atoms with Gasteiger partial charge in [-0.15, -0.1) is 11.3 Å². The maximum Gasteiger partial charge on any atom is 0.195 e. The second-order valence-corrected chi connectivity index (χ2v) is 6.48. The van der Waals surface area contributed by atoms with Crippen molar-refractivity contribution in [1.82, 2.24) is 9.38 Å². The van der Waals surface area contributed by atoms with Crippen molar-refractivity contribution in [3.63, 3.8) is 0 Å². The molecule has 3 heterocycles. The Kier molecular flexibility index (Phi) is 3.79. The number of aryl methyl sites for hydroxylation is 1. The number of rotatable bonds is 4. The van der Waals surface area contributed by atoms with Crippen LogP contribution in [0, 0.1) is 18.3 Å². The average molecular weight is 349 g/mol. The molecule has 0 amide bonds. The zero-order chi connectivity index (χ0) is 17.4. The summed E-state index contributed by atoms with van der Waals surface area (Å²) in [7, 11) is 1.67. The molecule has 4 aromatic rings. The summed E-state index contributed by atoms with van der Waals surface area (Å²) in [6.07, 6.45) is 1.88. The molecule has 3 aromatic heterocycles. The Balaban J connectivity index is 1.94. The molecule has 124 valence electrons. The van der Waals surface area contributed by atoms with Gasteiger partial charge in [-0.2, -0.15) is 5.26 Å². The van der Waals surface area contributed by atoms with Crippen LogP contribution >= 0.6 is 11.3 Å². The van der Waals surface area contributed by atoms with E-state index in [-0.39, 0.29) is 6.42 Å². The van der Waals surface area contributed by atoms with E-state index in [1.54, 1.807) is 24.7 Å². The third-order valence-electron chi connectivity index (χ3n) is 4.15. The Labute approximate surface area is 148 Å². The largest absolute Gasteiger partial charge is 0.496 e. The normalized spacial score (nSPS) is 10.9. The number of aromatic nitrogens is 2. The number of ether oxygens (including phenoxy) is 1. The molecular formula is C19H15N3O2S. The molecule has 0 aliphatic rings. The second-order valence-electron chi connectivity index (χ2n) is 5.64. The zero-order valence-electron chi connectivity index (χ0n) is 13.8. The van der Waals surface area contributed by atoms with Crippen molar-refractivity contribution in [2.75, 3.05) is 7.11 Å². The molecule has 4 rings (SSSR count). The van der Waals surface area contributed by atoms with E-state index in [1.807, 2.05) is 35.6 Å². The Morgan fingerprint density at radius 1 is 1.36 bits per heavy atom. The minimum atomic E-state index is 0.260. The number of methoxy groups -OCH3 is 1. The number of fused-ring (bicyclic) bond motifs is 1. The minimum absolute atomic E-state index is 0.260. The van der Waals surface area contributed by atoms with Crippen molar-refractivity contribution in [2.45, 2.75) is 13.3 Å². The number of nitriles is 1. The summed E-state index contributed by atoms with van der Waals surface area (Å²) in [4.78, 5) is 5.54. The maximum absolute atomic E-state index is 9.30. The van der Waals surface area contributed by atoms with Crippen LogP contribution in [0.4, 0.5) is 0 Å². The highest BCUT2D eigenvalue weighted by molar-refractivity contribution is 7.15. The van der Waals surface area contributed by atoms with E-state index in [0.717, 1.165) is 38.9 Å². The molecule has 5 nitrogen and oxygen atoms in total. The SMILES string of the molecule is COc1ccc(-c2csc3nc(-c4ccco4)c(CC#N)n23)cc1C. The van der Waals surface area contributed by atoms with Crippen molar-refractivity contribution in [1.29, 1.82) is 5.26 Å². The predicted octanol–water partition coefficient (Wildman–Crippen LogP) is 4.71. The van der Waals surface area contributed by atoms with Crippen LogP contribution < -0.4 is 4.74 Å². The molecule has 0 radical (unpaired) electrons. The average Bonchev–Trinajstić information content (AvgIpc) is 3.32. The van der Waals surface area contributed by atoms with Gasteiger partial charge in [-0.3, -0.25) is 4.40 Å². The molecule has 0 bridgehead atoms. The van der Waals surface area contributed by atoms with Crippen LogP contribution in [0.5, 0.6) is 5.75 Å². The van der Waals surface area contributed by atoms with Gasteiger partial charge in [0.15, 0.2) is 10.7 Å². The lowest BCUT2D eigenvalue weighted by Gasteiger charge is -2.08. The molecule has 0 atom stereocenters. The van der Waals surface area contributed by atoms with Crippen molar-refractivity contribution in [2.24, 2.45) is 0 Å². The molecule has 0 N–H and O–H groups in total. The number of imidazole rings is 1. The van der Waals surface area contributed by atoms with Gasteiger partial charge in [-0.1, -0.05) is 0 Å². The topological polar surface area (TPSA) is 63.5 Å². The third kappa shape index (κ3) is 2.49. The molecule has 0 saturated carbocycles. The van der Waals surface area contributed by atoms with Gasteiger partial charge in [0.2, 0.25) is 0 Å². The van der Waals surface area contributed by atoms with E-state index in [1.165, 1.54) is 0 Å². The molecule has 6 heteroatoms. The van der Waals surface area contributed by atoms with Crippen molar-refractivity contribution in [3.8, 4) is 34.5 Å². The summed E-state index contributed by atoms with van der Waals surface area (Å²) < 4.78 is 12.9. The maximum atomic E-state index is 9.30. The number of hydrogen-bond donors (Lipinski definition) is 0. The third-order valence-corrected chi connectivity index (χ3v) is 4.98. The zero-order valence-corrected chi connectivity index (χ0v) is 14.6. The highest BCUT2D eigenvalue weighted by Gasteiger charge is 2.20. The number of benzene rings is 1. The standard InChI is InChI=1S/C19H15N3O2S/c1-12-10-13(5-6-16(12)23-2)15-11-25-19-21-18(17-4-3-9-24-17)14(7-8-20)22(15)19/h3-6,9-11H,7H2,1-2H3. The Morgan fingerprint density at radius 2 is 2.24 bits per heavy atom. The summed E-state index contributed by atoms with van der Waals surface area (Å²) in [6, 6.07) is 12.0. The first-order chi connectivity index (χ1) is 12.2. The molecule has 0 aliphatic carbocycles. The van der Waals surface area contributed by atoms with Gasteiger partial charge in [0.25, 0.3) is 0 Å². The number of hydrogen-bond acceptors (Lipinski definition) is 5. The van der Waals surface area contributed by atoms with Crippen molar-refractivity contribution >= 4 is 16.3 Å². The highest BCUT2D eigenvalue weighted by Crippen LogP contribution is 2.34. The van der Waals surface area contributed by atoms with Gasteiger partial charge in [0.05, 0.1) is 37.3 Å². The summed E-state index contributed by atoms with van der Waals surface area (Å²) in [6.45, 7) is 2.02. The number of nitrogens with zero attached hydrogens (tertiary/aromatic N) is 3. The molecule has 0 aliphatic heterocycles. The minimum Gasteiger partial charge on any atom is -0.496 e. The first kappa shape index (κ1) is 15.5. The fourth-order valence-corrected chi connectivity index (χ4v) is 3.92. The van der Waals surface area contributed by atoms with Crippen LogP contribution in [-0.2, 0) is 6.42 Å². The van der Waals surface area contributed by atoms with Gasteiger partial charge in [0.1, 0.15) is 11.4 Å². The van der Waals surface area contributed by atoms with E-state index in [4.69, 9.17) is 9.15 Å². The first-order valence-electron chi connectivity index (χ1n) is 7.77. The van der Waals surface area contributed by atoms with Gasteiger partial charge in [-0.25, -0.2) is 4.98 Å². The van der Waals surface area contributed by atoms with Crippen LogP contribution in [-0.4, -0.2) is 16.5 Å². The smallest absolute Gasteiger partial charge is 0.195 e. The van der Waals surface area contributed by atoms with Crippen LogP contribution in [0.25, 0.3) is 27.7 Å². The fourth-order valence-electron chi connectivity index (χ4n) is 3.00. The van der Waals surface area contributed by atoms with Gasteiger partial charge >= 0.3 is 0 Å². The molecule has 25 heavy (non-hydrogen) atoms. The lowest BCUT2D eigenvalue weighted by Crippen LogP contribution is -1.95. The monoisotopic (exact) mass is 349 g/mol. The molecule has 0 unspecified atom stereocenters. The molecule has 0 spiro atoms. The number of thiazole rings is 1. The van der Waals surface area contributed by atoms with Gasteiger partial charge in [0, 0.05) is 5.38 Å². The fraction of sp³-hybridized carbons (Fsp3) is 0.158. The van der Waals surface area contributed by atoms with E-state index in [0.29, 0.717) is 5.76 Å². The molecular weight excluding hydrogens is 334 g/mol. The van der Waals surface area contributed by atoms with E-state index >= 15 is 0 Å². The lowest BCUT2D eigenvalue weighted by atomic mass is 10.1. The van der Waals surface area contributed by atoms with E-state index in [9.17, 15) is 5.26 Å².